The van der Waals surface area contributed by atoms with Crippen LogP contribution < -0.4 is 10.3 Å². The van der Waals surface area contributed by atoms with E-state index >= 15 is 0 Å². The molecular formula is C21H23FN2O3S. The predicted octanol–water partition coefficient (Wildman–Crippen LogP) is 3.67. The van der Waals surface area contributed by atoms with E-state index < -0.39 is 21.1 Å². The van der Waals surface area contributed by atoms with Crippen molar-refractivity contribution < 1.29 is 12.8 Å². The zero-order valence-corrected chi connectivity index (χ0v) is 17.2. The molecule has 148 valence electrons. The summed E-state index contributed by atoms with van der Waals surface area (Å²) in [6, 6.07) is 9.03. The van der Waals surface area contributed by atoms with Gasteiger partial charge in [-0.15, -0.1) is 0 Å². The Morgan fingerprint density at radius 2 is 1.68 bits per heavy atom. The molecule has 0 aliphatic heterocycles. The van der Waals surface area contributed by atoms with E-state index in [4.69, 9.17) is 0 Å². The number of rotatable bonds is 5. The second-order valence-corrected chi connectivity index (χ2v) is 8.66. The number of aryl methyl sites for hydroxylation is 2. The summed E-state index contributed by atoms with van der Waals surface area (Å²) < 4.78 is 42.3. The largest absolute Gasteiger partial charge is 0.370 e. The van der Waals surface area contributed by atoms with E-state index in [0.29, 0.717) is 24.3 Å². The fraction of sp³-hybridized carbons (Fsp3) is 0.286. The molecule has 2 aromatic carbocycles. The van der Waals surface area contributed by atoms with Gasteiger partial charge in [0.1, 0.15) is 10.7 Å². The van der Waals surface area contributed by atoms with Gasteiger partial charge in [0.25, 0.3) is 0 Å². The summed E-state index contributed by atoms with van der Waals surface area (Å²) in [5.41, 5.74) is 1.09. The van der Waals surface area contributed by atoms with Gasteiger partial charge in [0, 0.05) is 26.3 Å². The van der Waals surface area contributed by atoms with E-state index in [-0.39, 0.29) is 15.2 Å². The van der Waals surface area contributed by atoms with Gasteiger partial charge in [0.05, 0.1) is 21.5 Å². The third-order valence-electron chi connectivity index (χ3n) is 4.95. The summed E-state index contributed by atoms with van der Waals surface area (Å²) in [7, 11) is -2.36. The first-order valence-electron chi connectivity index (χ1n) is 9.10. The van der Waals surface area contributed by atoms with E-state index in [9.17, 15) is 17.6 Å². The molecule has 0 N–H and O–H groups in total. The van der Waals surface area contributed by atoms with Crippen molar-refractivity contribution >= 4 is 26.4 Å². The van der Waals surface area contributed by atoms with Crippen molar-refractivity contribution in [3.63, 3.8) is 0 Å². The molecule has 0 saturated carbocycles. The van der Waals surface area contributed by atoms with Crippen molar-refractivity contribution in [3.8, 4) is 0 Å². The van der Waals surface area contributed by atoms with Crippen LogP contribution in [0.1, 0.15) is 19.4 Å². The molecule has 1 heterocycles. The minimum Gasteiger partial charge on any atom is -0.370 e. The van der Waals surface area contributed by atoms with Gasteiger partial charge in [-0.1, -0.05) is 17.7 Å². The van der Waals surface area contributed by atoms with Gasteiger partial charge in [0.15, 0.2) is 0 Å². The topological polar surface area (TPSA) is 59.4 Å². The molecule has 7 heteroatoms. The number of pyridine rings is 1. The highest BCUT2D eigenvalue weighted by Gasteiger charge is 2.24. The number of sulfone groups is 1. The lowest BCUT2D eigenvalue weighted by atomic mass is 10.1. The van der Waals surface area contributed by atoms with Crippen molar-refractivity contribution in [2.45, 2.75) is 30.6 Å². The summed E-state index contributed by atoms with van der Waals surface area (Å²) in [5.74, 6) is -0.543. The van der Waals surface area contributed by atoms with Gasteiger partial charge in [-0.2, -0.15) is 0 Å². The molecule has 0 fully saturated rings. The van der Waals surface area contributed by atoms with Gasteiger partial charge in [-0.3, -0.25) is 4.79 Å². The second-order valence-electron chi connectivity index (χ2n) is 6.74. The molecule has 0 atom stereocenters. The maximum absolute atomic E-state index is 14.7. The van der Waals surface area contributed by atoms with Crippen molar-refractivity contribution in [2.24, 2.45) is 7.05 Å². The van der Waals surface area contributed by atoms with E-state index in [2.05, 4.69) is 0 Å². The van der Waals surface area contributed by atoms with Crippen molar-refractivity contribution in [1.29, 1.82) is 0 Å². The highest BCUT2D eigenvalue weighted by Crippen LogP contribution is 2.27. The Labute approximate surface area is 164 Å². The van der Waals surface area contributed by atoms with Crippen LogP contribution in [0.4, 0.5) is 10.1 Å². The number of halogens is 1. The number of nitrogens with zero attached hydrogens (tertiary/aromatic N) is 2. The van der Waals surface area contributed by atoms with E-state index in [0.717, 1.165) is 11.6 Å². The van der Waals surface area contributed by atoms with Crippen LogP contribution in [0.25, 0.3) is 10.9 Å². The molecule has 3 rings (SSSR count). The molecular weight excluding hydrogens is 379 g/mol. The molecule has 5 nitrogen and oxygen atoms in total. The second kappa shape index (κ2) is 7.39. The minimum atomic E-state index is -4.02. The molecule has 0 spiro atoms. The fourth-order valence-corrected chi connectivity index (χ4v) is 4.70. The molecule has 28 heavy (non-hydrogen) atoms. The molecule has 0 unspecified atom stereocenters. The van der Waals surface area contributed by atoms with Crippen molar-refractivity contribution in [1.82, 2.24) is 4.57 Å². The molecule has 0 aliphatic carbocycles. The lowest BCUT2D eigenvalue weighted by molar-refractivity contribution is 0.594. The molecule has 0 radical (unpaired) electrons. The monoisotopic (exact) mass is 402 g/mol. The van der Waals surface area contributed by atoms with E-state index in [1.54, 1.807) is 29.8 Å². The Bertz CT molecular complexity index is 1200. The first-order valence-corrected chi connectivity index (χ1v) is 10.6. The maximum Gasteiger partial charge on any atom is 0.211 e. The Hall–Kier alpha value is -2.67. The van der Waals surface area contributed by atoms with E-state index in [1.807, 2.05) is 25.7 Å². The third kappa shape index (κ3) is 3.30. The number of hydrogen-bond acceptors (Lipinski definition) is 4. The molecule has 3 aromatic rings. The SMILES string of the molecule is CCN(CC)c1cc2c(cc1F)c(=O)c(S(=O)(=O)c1ccc(C)cc1)cn2C. The van der Waals surface area contributed by atoms with Gasteiger partial charge >= 0.3 is 0 Å². The number of anilines is 1. The Morgan fingerprint density at radius 1 is 1.07 bits per heavy atom. The van der Waals surface area contributed by atoms with Crippen LogP contribution in [0.15, 0.2) is 57.2 Å². The Kier molecular flexibility index (Phi) is 5.30. The number of hydrogen-bond donors (Lipinski definition) is 0. The lowest BCUT2D eigenvalue weighted by Gasteiger charge is -2.22. The average molecular weight is 402 g/mol. The van der Waals surface area contributed by atoms with Crippen LogP contribution >= 0.6 is 0 Å². The third-order valence-corrected chi connectivity index (χ3v) is 6.71. The van der Waals surface area contributed by atoms with Crippen molar-refractivity contribution in [2.75, 3.05) is 18.0 Å². The van der Waals surface area contributed by atoms with E-state index in [1.165, 1.54) is 18.3 Å². The molecule has 0 saturated heterocycles. The molecule has 1 aromatic heterocycles. The summed E-state index contributed by atoms with van der Waals surface area (Å²) in [6.07, 6.45) is 1.31. The number of benzene rings is 2. The van der Waals surface area contributed by atoms with Crippen LogP contribution in [0.5, 0.6) is 0 Å². The molecule has 0 aliphatic rings. The summed E-state index contributed by atoms with van der Waals surface area (Å²) in [6.45, 7) is 6.92. The predicted molar refractivity (Wildman–Crippen MR) is 109 cm³/mol. The van der Waals surface area contributed by atoms with Crippen molar-refractivity contribution in [3.05, 3.63) is 64.2 Å². The average Bonchev–Trinajstić information content (AvgIpc) is 2.66. The fourth-order valence-electron chi connectivity index (χ4n) is 3.30. The van der Waals surface area contributed by atoms with Gasteiger partial charge in [0.2, 0.25) is 15.3 Å². The first-order chi connectivity index (χ1) is 13.2. The molecule has 0 amide bonds. The van der Waals surface area contributed by atoms with Crippen LogP contribution in [0, 0.1) is 12.7 Å². The van der Waals surface area contributed by atoms with Gasteiger partial charge < -0.3 is 9.47 Å². The summed E-state index contributed by atoms with van der Waals surface area (Å²) in [4.78, 5) is 14.5. The lowest BCUT2D eigenvalue weighted by Crippen LogP contribution is -2.24. The summed E-state index contributed by atoms with van der Waals surface area (Å²) in [5, 5.41) is 0.0455. The minimum absolute atomic E-state index is 0.0368. The highest BCUT2D eigenvalue weighted by atomic mass is 32.2. The zero-order valence-electron chi connectivity index (χ0n) is 16.4. The van der Waals surface area contributed by atoms with Crippen LogP contribution in [0.3, 0.4) is 0 Å². The smallest absolute Gasteiger partial charge is 0.211 e. The highest BCUT2D eigenvalue weighted by molar-refractivity contribution is 7.91. The molecule has 0 bridgehead atoms. The first kappa shape index (κ1) is 20.1. The quantitative estimate of drug-likeness (QED) is 0.653. The van der Waals surface area contributed by atoms with Gasteiger partial charge in [-0.25, -0.2) is 12.8 Å². The zero-order chi connectivity index (χ0) is 20.6. The maximum atomic E-state index is 14.7. The standard InChI is InChI=1S/C21H23FN2O3S/c1-5-24(6-2)19-12-18-16(11-17(19)22)21(25)20(13-23(18)4)28(26,27)15-9-7-14(3)8-10-15/h7-13H,5-6H2,1-4H3. The summed E-state index contributed by atoms with van der Waals surface area (Å²) >= 11 is 0. The number of aromatic nitrogens is 1. The Balaban J connectivity index is 2.27. The number of fused-ring (bicyclic) bond motifs is 1. The van der Waals surface area contributed by atoms with Gasteiger partial charge in [-0.05, 0) is 45.0 Å². The van der Waals surface area contributed by atoms with Crippen LogP contribution in [0.2, 0.25) is 0 Å². The normalized spacial score (nSPS) is 11.8. The van der Waals surface area contributed by atoms with Crippen LogP contribution in [-0.2, 0) is 16.9 Å². The Morgan fingerprint density at radius 3 is 2.25 bits per heavy atom. The van der Waals surface area contributed by atoms with Crippen LogP contribution in [-0.4, -0.2) is 26.1 Å².